The zero-order chi connectivity index (χ0) is 22.5. The van der Waals surface area contributed by atoms with Crippen molar-refractivity contribution in [3.05, 3.63) is 84.3 Å². The van der Waals surface area contributed by atoms with Crippen LogP contribution in [-0.4, -0.2) is 38.5 Å². The van der Waals surface area contributed by atoms with Gasteiger partial charge in [-0.3, -0.25) is 0 Å². The molecule has 0 unspecified atom stereocenters. The van der Waals surface area contributed by atoms with Crippen LogP contribution >= 0.6 is 0 Å². The number of benzene rings is 2. The number of rotatable bonds is 10. The monoisotopic (exact) mass is 462 g/mol. The Kier molecular flexibility index (Phi) is 7.32. The third-order valence-electron chi connectivity index (χ3n) is 4.92. The SMILES string of the molecule is CCN(CC)S(=O)(=O)c1ccc(S(=O)(=O)N(Cc2ccccc2)Cc2ccco2)cc1. The molecule has 0 aliphatic heterocycles. The van der Waals surface area contributed by atoms with Crippen molar-refractivity contribution in [3.8, 4) is 0 Å². The van der Waals surface area contributed by atoms with Gasteiger partial charge >= 0.3 is 0 Å². The number of furan rings is 1. The predicted molar refractivity (Wildman–Crippen MR) is 118 cm³/mol. The summed E-state index contributed by atoms with van der Waals surface area (Å²) in [6, 6.07) is 18.0. The van der Waals surface area contributed by atoms with Crippen LogP contribution in [0, 0.1) is 0 Å². The third kappa shape index (κ3) is 5.24. The smallest absolute Gasteiger partial charge is 0.243 e. The first-order chi connectivity index (χ1) is 14.8. The first-order valence-electron chi connectivity index (χ1n) is 9.95. The fourth-order valence-corrected chi connectivity index (χ4v) is 6.09. The molecule has 2 aromatic carbocycles. The average molecular weight is 463 g/mol. The number of hydrogen-bond acceptors (Lipinski definition) is 5. The summed E-state index contributed by atoms with van der Waals surface area (Å²) in [4.78, 5) is 0.0873. The second-order valence-corrected chi connectivity index (χ2v) is 10.8. The summed E-state index contributed by atoms with van der Waals surface area (Å²) in [6.07, 6.45) is 1.50. The fourth-order valence-electron chi connectivity index (χ4n) is 3.23. The van der Waals surface area contributed by atoms with Gasteiger partial charge in [-0.25, -0.2) is 16.8 Å². The van der Waals surface area contributed by atoms with Gasteiger partial charge in [0.15, 0.2) is 0 Å². The molecule has 0 bridgehead atoms. The van der Waals surface area contributed by atoms with E-state index in [4.69, 9.17) is 4.42 Å². The molecule has 0 amide bonds. The zero-order valence-corrected chi connectivity index (χ0v) is 19.1. The highest BCUT2D eigenvalue weighted by Gasteiger charge is 2.27. The molecule has 0 saturated heterocycles. The van der Waals surface area contributed by atoms with E-state index < -0.39 is 20.0 Å². The Morgan fingerprint density at radius 2 is 1.23 bits per heavy atom. The van der Waals surface area contributed by atoms with Crippen molar-refractivity contribution in [1.82, 2.24) is 8.61 Å². The Hall–Kier alpha value is -2.46. The molecular weight excluding hydrogens is 436 g/mol. The highest BCUT2D eigenvalue weighted by Crippen LogP contribution is 2.24. The van der Waals surface area contributed by atoms with Gasteiger partial charge in [-0.2, -0.15) is 8.61 Å². The molecule has 1 aromatic heterocycles. The van der Waals surface area contributed by atoms with Gasteiger partial charge in [0, 0.05) is 19.6 Å². The molecular formula is C22H26N2O5S2. The largest absolute Gasteiger partial charge is 0.468 e. The quantitative estimate of drug-likeness (QED) is 0.458. The highest BCUT2D eigenvalue weighted by atomic mass is 32.2. The van der Waals surface area contributed by atoms with E-state index in [0.717, 1.165) is 5.56 Å². The van der Waals surface area contributed by atoms with Gasteiger partial charge in [0.2, 0.25) is 20.0 Å². The average Bonchev–Trinajstić information content (AvgIpc) is 3.28. The van der Waals surface area contributed by atoms with E-state index in [9.17, 15) is 16.8 Å². The van der Waals surface area contributed by atoms with Crippen LogP contribution in [0.5, 0.6) is 0 Å². The van der Waals surface area contributed by atoms with Crippen molar-refractivity contribution < 1.29 is 21.3 Å². The second-order valence-electron chi connectivity index (χ2n) is 6.90. The van der Waals surface area contributed by atoms with E-state index in [1.54, 1.807) is 26.0 Å². The normalized spacial score (nSPS) is 12.5. The van der Waals surface area contributed by atoms with E-state index in [-0.39, 0.29) is 22.9 Å². The molecule has 0 aliphatic rings. The molecule has 0 radical (unpaired) electrons. The van der Waals surface area contributed by atoms with Gasteiger partial charge in [-0.1, -0.05) is 44.2 Å². The Morgan fingerprint density at radius 3 is 1.71 bits per heavy atom. The van der Waals surface area contributed by atoms with Crippen molar-refractivity contribution in [2.45, 2.75) is 36.7 Å². The number of nitrogens with zero attached hydrogens (tertiary/aromatic N) is 2. The lowest BCUT2D eigenvalue weighted by atomic mass is 10.2. The van der Waals surface area contributed by atoms with Crippen molar-refractivity contribution in [1.29, 1.82) is 0 Å². The van der Waals surface area contributed by atoms with Crippen LogP contribution in [0.25, 0.3) is 0 Å². The van der Waals surface area contributed by atoms with Crippen molar-refractivity contribution in [3.63, 3.8) is 0 Å². The molecule has 3 aromatic rings. The summed E-state index contributed by atoms with van der Waals surface area (Å²) < 4.78 is 60.2. The highest BCUT2D eigenvalue weighted by molar-refractivity contribution is 7.89. The molecule has 0 N–H and O–H groups in total. The summed E-state index contributed by atoms with van der Waals surface area (Å²) in [5, 5.41) is 0. The maximum absolute atomic E-state index is 13.4. The lowest BCUT2D eigenvalue weighted by molar-refractivity contribution is 0.358. The van der Waals surface area contributed by atoms with Crippen LogP contribution in [0.1, 0.15) is 25.2 Å². The fraction of sp³-hybridized carbons (Fsp3) is 0.273. The minimum absolute atomic E-state index is 0.0217. The van der Waals surface area contributed by atoms with Crippen LogP contribution in [0.3, 0.4) is 0 Å². The molecule has 3 rings (SSSR count). The van der Waals surface area contributed by atoms with Crippen LogP contribution in [-0.2, 0) is 33.1 Å². The molecule has 9 heteroatoms. The van der Waals surface area contributed by atoms with Gasteiger partial charge in [-0.15, -0.1) is 0 Å². The topological polar surface area (TPSA) is 87.9 Å². The first-order valence-corrected chi connectivity index (χ1v) is 12.8. The predicted octanol–water partition coefficient (Wildman–Crippen LogP) is 3.70. The van der Waals surface area contributed by atoms with E-state index in [2.05, 4.69) is 0 Å². The maximum Gasteiger partial charge on any atom is 0.243 e. The van der Waals surface area contributed by atoms with E-state index >= 15 is 0 Å². The minimum atomic E-state index is -3.90. The molecule has 0 spiro atoms. The van der Waals surface area contributed by atoms with Crippen molar-refractivity contribution in [2.75, 3.05) is 13.1 Å². The Morgan fingerprint density at radius 1 is 0.677 bits per heavy atom. The standard InChI is InChI=1S/C22H26N2O5S2/c1-3-23(4-2)30(25,26)21-12-14-22(15-13-21)31(27,28)24(18-20-11-8-16-29-20)17-19-9-6-5-7-10-19/h5-16H,3-4,17-18H2,1-2H3. The van der Waals surface area contributed by atoms with Crippen LogP contribution in [0.15, 0.2) is 87.2 Å². The molecule has 166 valence electrons. The molecule has 31 heavy (non-hydrogen) atoms. The van der Waals surface area contributed by atoms with Crippen LogP contribution in [0.4, 0.5) is 0 Å². The van der Waals surface area contributed by atoms with Gasteiger partial charge in [0.05, 0.1) is 22.6 Å². The second kappa shape index (κ2) is 9.78. The number of hydrogen-bond donors (Lipinski definition) is 0. The van der Waals surface area contributed by atoms with E-state index in [1.165, 1.54) is 39.1 Å². The molecule has 0 atom stereocenters. The van der Waals surface area contributed by atoms with Gasteiger partial charge in [0.1, 0.15) is 5.76 Å². The first kappa shape index (κ1) is 23.2. The Labute approximate surface area is 184 Å². The summed E-state index contributed by atoms with van der Waals surface area (Å²) in [7, 11) is -7.57. The molecule has 0 aliphatic carbocycles. The summed E-state index contributed by atoms with van der Waals surface area (Å²) in [6.45, 7) is 4.42. The van der Waals surface area contributed by atoms with Crippen LogP contribution in [0.2, 0.25) is 0 Å². The van der Waals surface area contributed by atoms with Gasteiger partial charge in [-0.05, 0) is 42.0 Å². The summed E-state index contributed by atoms with van der Waals surface area (Å²) in [5.74, 6) is 0.514. The molecule has 7 nitrogen and oxygen atoms in total. The Balaban J connectivity index is 1.93. The van der Waals surface area contributed by atoms with Crippen molar-refractivity contribution >= 4 is 20.0 Å². The summed E-state index contributed by atoms with van der Waals surface area (Å²) in [5.41, 5.74) is 0.832. The Bertz CT molecular complexity index is 1170. The third-order valence-corrected chi connectivity index (χ3v) is 8.79. The maximum atomic E-state index is 13.4. The molecule has 0 saturated carbocycles. The number of sulfonamides is 2. The lowest BCUT2D eigenvalue weighted by Gasteiger charge is -2.22. The van der Waals surface area contributed by atoms with Crippen molar-refractivity contribution in [2.24, 2.45) is 0 Å². The van der Waals surface area contributed by atoms with E-state index in [0.29, 0.717) is 18.8 Å². The van der Waals surface area contributed by atoms with Crippen LogP contribution < -0.4 is 0 Å². The zero-order valence-electron chi connectivity index (χ0n) is 17.5. The lowest BCUT2D eigenvalue weighted by Crippen LogP contribution is -2.31. The summed E-state index contributed by atoms with van der Waals surface area (Å²) >= 11 is 0. The van der Waals surface area contributed by atoms with Gasteiger partial charge in [0.25, 0.3) is 0 Å². The molecule has 0 fully saturated rings. The minimum Gasteiger partial charge on any atom is -0.468 e. The van der Waals surface area contributed by atoms with Gasteiger partial charge < -0.3 is 4.42 Å². The van der Waals surface area contributed by atoms with E-state index in [1.807, 2.05) is 30.3 Å². The molecule has 1 heterocycles.